The Morgan fingerprint density at radius 3 is 1.50 bits per heavy atom. The lowest BCUT2D eigenvalue weighted by Crippen LogP contribution is -1.84. The molecular formula is C14H14F2O2. The summed E-state index contributed by atoms with van der Waals surface area (Å²) < 4.78 is 33.8. The van der Waals surface area contributed by atoms with Crippen molar-refractivity contribution < 1.29 is 18.3 Å². The van der Waals surface area contributed by atoms with Gasteiger partial charge in [0.05, 0.1) is 14.2 Å². The van der Waals surface area contributed by atoms with Gasteiger partial charge in [0, 0.05) is 12.1 Å². The minimum atomic E-state index is -0.537. The highest BCUT2D eigenvalue weighted by Crippen LogP contribution is 2.17. The molecule has 4 heteroatoms. The van der Waals surface area contributed by atoms with Crippen LogP contribution >= 0.6 is 0 Å². The van der Waals surface area contributed by atoms with Gasteiger partial charge in [0.1, 0.15) is 23.1 Å². The second kappa shape index (κ2) is 7.27. The highest BCUT2D eigenvalue weighted by molar-refractivity contribution is 5.32. The highest BCUT2D eigenvalue weighted by Gasteiger charge is 1.91. The highest BCUT2D eigenvalue weighted by atomic mass is 19.1. The number of rotatable bonds is 2. The van der Waals surface area contributed by atoms with Crippen molar-refractivity contribution in [2.75, 3.05) is 14.2 Å². The third-order valence-electron chi connectivity index (χ3n) is 2.06. The summed E-state index contributed by atoms with van der Waals surface area (Å²) in [5.41, 5.74) is 0. The summed E-state index contributed by atoms with van der Waals surface area (Å²) in [4.78, 5) is 0. The molecular weight excluding hydrogens is 238 g/mol. The Kier molecular flexibility index (Phi) is 5.64. The summed E-state index contributed by atoms with van der Waals surface area (Å²) in [6.07, 6.45) is 0. The normalized spacial score (nSPS) is 9.11. The van der Waals surface area contributed by atoms with Gasteiger partial charge in [-0.15, -0.1) is 0 Å². The molecule has 0 fully saturated rings. The standard InChI is InChI=1S/C8H10O2.C6H4F2/c1-9-7-4-3-5-8(6-7)10-2;7-5-2-1-3-6(8)4-5/h3-6H,1-2H3;1-4H. The van der Waals surface area contributed by atoms with Crippen LogP contribution in [0.3, 0.4) is 0 Å². The zero-order valence-electron chi connectivity index (χ0n) is 10.2. The molecule has 0 aliphatic rings. The molecule has 0 bridgehead atoms. The Bertz CT molecular complexity index is 450. The van der Waals surface area contributed by atoms with Gasteiger partial charge >= 0.3 is 0 Å². The van der Waals surface area contributed by atoms with Crippen LogP contribution < -0.4 is 9.47 Å². The van der Waals surface area contributed by atoms with Gasteiger partial charge < -0.3 is 9.47 Å². The van der Waals surface area contributed by atoms with Crippen LogP contribution in [0.1, 0.15) is 0 Å². The van der Waals surface area contributed by atoms with Crippen LogP contribution in [0.15, 0.2) is 48.5 Å². The quantitative estimate of drug-likeness (QED) is 0.812. The van der Waals surface area contributed by atoms with Crippen molar-refractivity contribution in [3.8, 4) is 11.5 Å². The van der Waals surface area contributed by atoms with Crippen LogP contribution in [0, 0.1) is 11.6 Å². The Balaban J connectivity index is 0.000000184. The van der Waals surface area contributed by atoms with Crippen molar-refractivity contribution >= 4 is 0 Å². The van der Waals surface area contributed by atoms with E-state index in [4.69, 9.17) is 9.47 Å². The smallest absolute Gasteiger partial charge is 0.126 e. The minimum absolute atomic E-state index is 0.537. The molecule has 0 saturated heterocycles. The first-order valence-electron chi connectivity index (χ1n) is 5.25. The fourth-order valence-electron chi connectivity index (χ4n) is 1.19. The molecule has 0 aliphatic carbocycles. The van der Waals surface area contributed by atoms with Crippen molar-refractivity contribution in [3.63, 3.8) is 0 Å². The molecule has 0 N–H and O–H groups in total. The lowest BCUT2D eigenvalue weighted by Gasteiger charge is -2.01. The fourth-order valence-corrected chi connectivity index (χ4v) is 1.19. The zero-order valence-corrected chi connectivity index (χ0v) is 10.2. The van der Waals surface area contributed by atoms with Crippen molar-refractivity contribution in [2.24, 2.45) is 0 Å². The Morgan fingerprint density at radius 2 is 1.17 bits per heavy atom. The van der Waals surface area contributed by atoms with E-state index in [0.717, 1.165) is 17.6 Å². The van der Waals surface area contributed by atoms with Gasteiger partial charge in [-0.25, -0.2) is 8.78 Å². The molecule has 2 rings (SSSR count). The number of ether oxygens (including phenoxy) is 2. The summed E-state index contributed by atoms with van der Waals surface area (Å²) >= 11 is 0. The lowest BCUT2D eigenvalue weighted by molar-refractivity contribution is 0.394. The number of benzene rings is 2. The Hall–Kier alpha value is -2.10. The average molecular weight is 252 g/mol. The topological polar surface area (TPSA) is 18.5 Å². The van der Waals surface area contributed by atoms with E-state index in [9.17, 15) is 8.78 Å². The molecule has 0 unspecified atom stereocenters. The zero-order chi connectivity index (χ0) is 13.4. The van der Waals surface area contributed by atoms with Crippen LogP contribution in [0.4, 0.5) is 8.78 Å². The van der Waals surface area contributed by atoms with Gasteiger partial charge in [0.25, 0.3) is 0 Å². The molecule has 18 heavy (non-hydrogen) atoms. The number of hydrogen-bond donors (Lipinski definition) is 0. The van der Waals surface area contributed by atoms with Crippen molar-refractivity contribution in [2.45, 2.75) is 0 Å². The molecule has 0 spiro atoms. The first kappa shape index (κ1) is 14.0. The number of hydrogen-bond acceptors (Lipinski definition) is 2. The summed E-state index contributed by atoms with van der Waals surface area (Å²) in [5.74, 6) is 0.564. The maximum atomic E-state index is 11.9. The monoisotopic (exact) mass is 252 g/mol. The minimum Gasteiger partial charge on any atom is -0.497 e. The summed E-state index contributed by atoms with van der Waals surface area (Å²) in [7, 11) is 3.27. The average Bonchev–Trinajstić information content (AvgIpc) is 2.39. The van der Waals surface area contributed by atoms with Gasteiger partial charge in [0.2, 0.25) is 0 Å². The number of halogens is 2. The predicted octanol–water partition coefficient (Wildman–Crippen LogP) is 3.67. The lowest BCUT2D eigenvalue weighted by atomic mass is 10.3. The molecule has 0 aliphatic heterocycles. The maximum Gasteiger partial charge on any atom is 0.126 e. The van der Waals surface area contributed by atoms with Gasteiger partial charge in [-0.1, -0.05) is 12.1 Å². The third-order valence-corrected chi connectivity index (χ3v) is 2.06. The Morgan fingerprint density at radius 1 is 0.722 bits per heavy atom. The van der Waals surface area contributed by atoms with Gasteiger partial charge in [-0.05, 0) is 24.3 Å². The van der Waals surface area contributed by atoms with E-state index in [2.05, 4.69) is 0 Å². The van der Waals surface area contributed by atoms with Crippen LogP contribution in [-0.4, -0.2) is 14.2 Å². The molecule has 0 heterocycles. The van der Waals surface area contributed by atoms with E-state index in [1.54, 1.807) is 14.2 Å². The maximum absolute atomic E-state index is 11.9. The van der Waals surface area contributed by atoms with Crippen LogP contribution in [0.5, 0.6) is 11.5 Å². The van der Waals surface area contributed by atoms with E-state index in [1.807, 2.05) is 24.3 Å². The summed E-state index contributed by atoms with van der Waals surface area (Å²) in [5, 5.41) is 0. The molecule has 0 atom stereocenters. The predicted molar refractivity (Wildman–Crippen MR) is 65.9 cm³/mol. The number of methoxy groups -OCH3 is 2. The molecule has 2 nitrogen and oxygen atoms in total. The van der Waals surface area contributed by atoms with Gasteiger partial charge in [0.15, 0.2) is 0 Å². The van der Waals surface area contributed by atoms with Crippen molar-refractivity contribution in [1.29, 1.82) is 0 Å². The summed E-state index contributed by atoms with van der Waals surface area (Å²) in [6.45, 7) is 0. The SMILES string of the molecule is COc1cccc(OC)c1.Fc1cccc(F)c1. The van der Waals surface area contributed by atoms with Crippen LogP contribution in [-0.2, 0) is 0 Å². The largest absolute Gasteiger partial charge is 0.497 e. The van der Waals surface area contributed by atoms with E-state index >= 15 is 0 Å². The van der Waals surface area contributed by atoms with E-state index in [1.165, 1.54) is 18.2 Å². The van der Waals surface area contributed by atoms with Crippen molar-refractivity contribution in [3.05, 3.63) is 60.2 Å². The molecule has 0 amide bonds. The van der Waals surface area contributed by atoms with Crippen LogP contribution in [0.2, 0.25) is 0 Å². The van der Waals surface area contributed by atoms with Gasteiger partial charge in [-0.2, -0.15) is 0 Å². The van der Waals surface area contributed by atoms with E-state index < -0.39 is 11.6 Å². The van der Waals surface area contributed by atoms with E-state index in [-0.39, 0.29) is 0 Å². The molecule has 0 aromatic heterocycles. The Labute approximate surface area is 105 Å². The summed E-state index contributed by atoms with van der Waals surface area (Å²) in [6, 6.07) is 12.0. The van der Waals surface area contributed by atoms with E-state index in [0.29, 0.717) is 0 Å². The third kappa shape index (κ3) is 4.82. The molecule has 2 aromatic rings. The van der Waals surface area contributed by atoms with Crippen LogP contribution in [0.25, 0.3) is 0 Å². The molecule has 0 radical (unpaired) electrons. The fraction of sp³-hybridized carbons (Fsp3) is 0.143. The first-order chi connectivity index (χ1) is 8.65. The first-order valence-corrected chi connectivity index (χ1v) is 5.25. The second-order valence-corrected chi connectivity index (χ2v) is 3.32. The van der Waals surface area contributed by atoms with Crippen molar-refractivity contribution in [1.82, 2.24) is 0 Å². The van der Waals surface area contributed by atoms with Gasteiger partial charge in [-0.3, -0.25) is 0 Å². The molecule has 0 saturated carbocycles. The second-order valence-electron chi connectivity index (χ2n) is 3.32. The molecule has 2 aromatic carbocycles. The molecule has 96 valence electrons.